The summed E-state index contributed by atoms with van der Waals surface area (Å²) in [6.07, 6.45) is 9.16. The molecular weight excluding hydrogens is 707 g/mol. The molecule has 6 rings (SSSR count). The van der Waals surface area contributed by atoms with E-state index in [4.69, 9.17) is 4.74 Å². The van der Waals surface area contributed by atoms with Crippen molar-refractivity contribution in [3.05, 3.63) is 101 Å². The predicted octanol–water partition coefficient (Wildman–Crippen LogP) is 5.49. The molecule has 5 amide bonds. The van der Waals surface area contributed by atoms with E-state index in [9.17, 15) is 24.0 Å². The molecule has 0 aromatic heterocycles. The van der Waals surface area contributed by atoms with Gasteiger partial charge in [0.1, 0.15) is 17.8 Å². The minimum Gasteiger partial charge on any atom is -0.494 e. The van der Waals surface area contributed by atoms with Crippen molar-refractivity contribution in [2.75, 3.05) is 26.2 Å². The molecular formula is C45H57N5O6. The van der Waals surface area contributed by atoms with Gasteiger partial charge in [0.15, 0.2) is 0 Å². The van der Waals surface area contributed by atoms with Crippen LogP contribution < -0.4 is 26.0 Å². The van der Waals surface area contributed by atoms with Crippen molar-refractivity contribution in [1.82, 2.24) is 26.2 Å². The van der Waals surface area contributed by atoms with E-state index in [-0.39, 0.29) is 49.6 Å². The number of benzene rings is 3. The Bertz CT molecular complexity index is 1810. The third-order valence-electron chi connectivity index (χ3n) is 11.6. The van der Waals surface area contributed by atoms with Crippen molar-refractivity contribution < 1.29 is 28.7 Å². The van der Waals surface area contributed by atoms with Gasteiger partial charge in [0, 0.05) is 38.2 Å². The molecule has 2 heterocycles. The van der Waals surface area contributed by atoms with Gasteiger partial charge < -0.3 is 30.9 Å². The fraction of sp³-hybridized carbons (Fsp3) is 0.489. The Morgan fingerprint density at radius 1 is 0.875 bits per heavy atom. The average Bonchev–Trinajstić information content (AvgIpc) is 3.22. The number of nitrogens with zero attached hydrogens (tertiary/aromatic N) is 1. The smallest absolute Gasteiger partial charge is 0.251 e. The van der Waals surface area contributed by atoms with Gasteiger partial charge >= 0.3 is 0 Å². The summed E-state index contributed by atoms with van der Waals surface area (Å²) in [6.45, 7) is 3.87. The maximum Gasteiger partial charge on any atom is 0.251 e. The van der Waals surface area contributed by atoms with E-state index in [0.29, 0.717) is 44.0 Å². The second-order valence-electron chi connectivity index (χ2n) is 15.7. The largest absolute Gasteiger partial charge is 0.494 e. The lowest BCUT2D eigenvalue weighted by Gasteiger charge is -2.34. The van der Waals surface area contributed by atoms with Crippen LogP contribution in [0.5, 0.6) is 5.75 Å². The standard InChI is InChI=1S/C45H57N5O6/c1-31-14-20-38-27-37(31)29-47-44(54)39(21-15-32-9-4-2-5-10-32)49-45(55)40(28-42(52)50-25-8-11-33(30-50)23-26-56-38)48-41(51)22-24-46-43(53)36-18-16-35(17-19-36)34-12-6-3-7-13-34/h2,4-5,9-10,14,16-20,27,33-34,39-40H,3,6-8,11-13,15,21-26,28-30H2,1H3,(H,46,53)(H,47,54)(H,48,51)(H,49,55)/t33?,39-,40-/m0/s1. The van der Waals surface area contributed by atoms with Crippen LogP contribution in [0.4, 0.5) is 0 Å². The van der Waals surface area contributed by atoms with E-state index in [1.54, 1.807) is 4.90 Å². The summed E-state index contributed by atoms with van der Waals surface area (Å²) in [5, 5.41) is 11.5. The number of ether oxygens (including phenoxy) is 1. The molecule has 4 bridgehead atoms. The lowest BCUT2D eigenvalue weighted by molar-refractivity contribution is -0.138. The van der Waals surface area contributed by atoms with Crippen molar-refractivity contribution >= 4 is 29.5 Å². The fourth-order valence-corrected chi connectivity index (χ4v) is 8.11. The van der Waals surface area contributed by atoms with Crippen LogP contribution in [0.15, 0.2) is 72.8 Å². The Labute approximate surface area is 330 Å². The number of aryl methyl sites for hydroxylation is 2. The lowest BCUT2D eigenvalue weighted by atomic mass is 9.84. The third kappa shape index (κ3) is 11.7. The number of hydrogen-bond donors (Lipinski definition) is 4. The van der Waals surface area contributed by atoms with Crippen LogP contribution in [0, 0.1) is 12.8 Å². The van der Waals surface area contributed by atoms with Gasteiger partial charge in [0.05, 0.1) is 13.0 Å². The number of carbonyl (C=O) groups is 5. The SMILES string of the molecule is Cc1ccc2cc1CNC(=O)[C@H](CCc1ccccc1)NC(=O)[C@@H](NC(=O)CCNC(=O)c1ccc(C3CCCCC3)cc1)CC(=O)N1CCCC(CCO2)C1. The molecule has 3 aliphatic rings. The van der Waals surface area contributed by atoms with Gasteiger partial charge in [0.2, 0.25) is 23.6 Å². The van der Waals surface area contributed by atoms with Gasteiger partial charge in [-0.15, -0.1) is 0 Å². The van der Waals surface area contributed by atoms with Gasteiger partial charge in [0.25, 0.3) is 5.91 Å². The first-order chi connectivity index (χ1) is 27.2. The number of rotatable bonds is 9. The molecule has 1 unspecified atom stereocenters. The van der Waals surface area contributed by atoms with Gasteiger partial charge in [-0.05, 0) is 110 Å². The molecule has 4 N–H and O–H groups in total. The number of piperidine rings is 1. The van der Waals surface area contributed by atoms with Gasteiger partial charge in [-0.3, -0.25) is 24.0 Å². The molecule has 0 spiro atoms. The topological polar surface area (TPSA) is 146 Å². The molecule has 1 saturated heterocycles. The number of hydrogen-bond acceptors (Lipinski definition) is 6. The monoisotopic (exact) mass is 763 g/mol. The lowest BCUT2D eigenvalue weighted by Crippen LogP contribution is -2.55. The Kier molecular flexibility index (Phi) is 14.5. The molecule has 1 saturated carbocycles. The predicted molar refractivity (Wildman–Crippen MR) is 215 cm³/mol. The van der Waals surface area contributed by atoms with Crippen LogP contribution in [0.2, 0.25) is 0 Å². The van der Waals surface area contributed by atoms with Crippen molar-refractivity contribution in [2.24, 2.45) is 5.92 Å². The highest BCUT2D eigenvalue weighted by Crippen LogP contribution is 2.32. The summed E-state index contributed by atoms with van der Waals surface area (Å²) in [6, 6.07) is 21.1. The summed E-state index contributed by atoms with van der Waals surface area (Å²) < 4.78 is 6.13. The first-order valence-electron chi connectivity index (χ1n) is 20.5. The molecule has 56 heavy (non-hydrogen) atoms. The summed E-state index contributed by atoms with van der Waals surface area (Å²) in [4.78, 5) is 69.7. The fourth-order valence-electron chi connectivity index (χ4n) is 8.11. The van der Waals surface area contributed by atoms with Crippen LogP contribution in [0.3, 0.4) is 0 Å². The maximum atomic E-state index is 14.1. The van der Waals surface area contributed by atoms with Gasteiger partial charge in [-0.2, -0.15) is 0 Å². The molecule has 3 aromatic rings. The summed E-state index contributed by atoms with van der Waals surface area (Å²) in [5.41, 5.74) is 4.70. The van der Waals surface area contributed by atoms with Crippen LogP contribution in [-0.2, 0) is 32.1 Å². The Balaban J connectivity index is 1.14. The number of amides is 5. The van der Waals surface area contributed by atoms with Crippen LogP contribution in [0.1, 0.15) is 109 Å². The van der Waals surface area contributed by atoms with Crippen molar-refractivity contribution in [1.29, 1.82) is 0 Å². The van der Waals surface area contributed by atoms with E-state index in [2.05, 4.69) is 21.3 Å². The molecule has 0 radical (unpaired) electrons. The van der Waals surface area contributed by atoms with Crippen LogP contribution in [0.25, 0.3) is 0 Å². The first kappa shape index (κ1) is 40.5. The first-order valence-corrected chi connectivity index (χ1v) is 20.5. The average molecular weight is 764 g/mol. The van der Waals surface area contributed by atoms with Crippen molar-refractivity contribution in [3.63, 3.8) is 0 Å². The van der Waals surface area contributed by atoms with Crippen LogP contribution >= 0.6 is 0 Å². The molecule has 3 atom stereocenters. The van der Waals surface area contributed by atoms with E-state index in [1.807, 2.05) is 79.7 Å². The highest BCUT2D eigenvalue weighted by molar-refractivity contribution is 5.96. The maximum absolute atomic E-state index is 14.1. The zero-order valence-electron chi connectivity index (χ0n) is 32.7. The zero-order valence-corrected chi connectivity index (χ0v) is 32.7. The molecule has 298 valence electrons. The molecule has 3 aromatic carbocycles. The van der Waals surface area contributed by atoms with Crippen molar-refractivity contribution in [3.8, 4) is 5.75 Å². The van der Waals surface area contributed by atoms with Gasteiger partial charge in [-0.25, -0.2) is 0 Å². The van der Waals surface area contributed by atoms with E-state index < -0.39 is 23.9 Å². The highest BCUT2D eigenvalue weighted by atomic mass is 16.5. The Morgan fingerprint density at radius 3 is 2.45 bits per heavy atom. The molecule has 2 aliphatic heterocycles. The summed E-state index contributed by atoms with van der Waals surface area (Å²) in [7, 11) is 0. The second kappa shape index (κ2) is 20.1. The van der Waals surface area contributed by atoms with Crippen LogP contribution in [-0.4, -0.2) is 72.8 Å². The second-order valence-corrected chi connectivity index (χ2v) is 15.7. The van der Waals surface area contributed by atoms with E-state index in [0.717, 1.165) is 41.7 Å². The Hall–Kier alpha value is -5.19. The number of carbonyl (C=O) groups excluding carboxylic acids is 5. The minimum absolute atomic E-state index is 0.0515. The van der Waals surface area contributed by atoms with Gasteiger partial charge in [-0.1, -0.05) is 67.8 Å². The molecule has 2 fully saturated rings. The zero-order chi connectivity index (χ0) is 39.3. The molecule has 11 nitrogen and oxygen atoms in total. The highest BCUT2D eigenvalue weighted by Gasteiger charge is 2.32. The summed E-state index contributed by atoms with van der Waals surface area (Å²) >= 11 is 0. The van der Waals surface area contributed by atoms with E-state index in [1.165, 1.54) is 37.7 Å². The molecule has 1 aliphatic carbocycles. The summed E-state index contributed by atoms with van der Waals surface area (Å²) in [5.74, 6) is -0.478. The number of nitrogens with one attached hydrogen (secondary N) is 4. The minimum atomic E-state index is -1.22. The molecule has 11 heteroatoms. The number of fused-ring (bicyclic) bond motifs is 4. The van der Waals surface area contributed by atoms with E-state index >= 15 is 0 Å². The third-order valence-corrected chi connectivity index (χ3v) is 11.6. The normalized spacial score (nSPS) is 21.4. The van der Waals surface area contributed by atoms with Crippen molar-refractivity contribution in [2.45, 2.75) is 109 Å². The Morgan fingerprint density at radius 2 is 1.66 bits per heavy atom. The quantitative estimate of drug-likeness (QED) is 0.227.